The van der Waals surface area contributed by atoms with E-state index in [1.54, 1.807) is 7.11 Å². The van der Waals surface area contributed by atoms with Gasteiger partial charge >= 0.3 is 0 Å². The molecule has 0 aliphatic carbocycles. The van der Waals surface area contributed by atoms with E-state index in [1.807, 2.05) is 6.92 Å². The van der Waals surface area contributed by atoms with Crippen molar-refractivity contribution < 1.29 is 4.74 Å². The summed E-state index contributed by atoms with van der Waals surface area (Å²) in [7, 11) is 1.65. The second-order valence-electron chi connectivity index (χ2n) is 2.71. The smallest absolute Gasteiger partial charge is 0.142 e. The third kappa shape index (κ3) is 3.58. The second-order valence-corrected chi connectivity index (χ2v) is 4.17. The highest BCUT2D eigenvalue weighted by atomic mass is 35.5. The Morgan fingerprint density at radius 2 is 2.38 bits per heavy atom. The lowest BCUT2D eigenvalue weighted by Crippen LogP contribution is -2.10. The number of aryl methyl sites for hydroxylation is 1. The van der Waals surface area contributed by atoms with Crippen molar-refractivity contribution in [3.63, 3.8) is 0 Å². The Morgan fingerprint density at radius 3 is 2.92 bits per heavy atom. The van der Waals surface area contributed by atoms with Gasteiger partial charge in [-0.15, -0.1) is 11.6 Å². The fraction of sp³-hybridized carbons (Fsp3) is 0.750. The summed E-state index contributed by atoms with van der Waals surface area (Å²) >= 11 is 7.41. The van der Waals surface area contributed by atoms with E-state index in [9.17, 15) is 0 Å². The lowest BCUT2D eigenvalue weighted by Gasteiger charge is -2.03. The van der Waals surface area contributed by atoms with Crippen LogP contribution in [-0.4, -0.2) is 28.5 Å². The van der Waals surface area contributed by atoms with Gasteiger partial charge < -0.3 is 4.74 Å². The molecule has 74 valence electrons. The first-order chi connectivity index (χ1) is 6.26. The largest absolute Gasteiger partial charge is 0.383 e. The molecule has 0 saturated heterocycles. The quantitative estimate of drug-likeness (QED) is 0.711. The van der Waals surface area contributed by atoms with Crippen LogP contribution in [0.1, 0.15) is 17.8 Å². The van der Waals surface area contributed by atoms with Crippen molar-refractivity contribution in [2.45, 2.75) is 25.1 Å². The molecule has 0 N–H and O–H groups in total. The van der Waals surface area contributed by atoms with E-state index in [0.29, 0.717) is 6.61 Å². The molecule has 0 spiro atoms. The van der Waals surface area contributed by atoms with Gasteiger partial charge in [-0.05, 0) is 11.5 Å². The minimum absolute atomic E-state index is 0.00246. The molecule has 5 heteroatoms. The highest BCUT2D eigenvalue weighted by Gasteiger charge is 2.09. The van der Waals surface area contributed by atoms with Crippen molar-refractivity contribution in [1.29, 1.82) is 0 Å². The molecule has 0 amide bonds. The van der Waals surface area contributed by atoms with Gasteiger partial charge in [0.1, 0.15) is 10.8 Å². The number of ether oxygens (including phenoxy) is 1. The van der Waals surface area contributed by atoms with Crippen LogP contribution in [0.15, 0.2) is 0 Å². The zero-order chi connectivity index (χ0) is 9.68. The van der Waals surface area contributed by atoms with Gasteiger partial charge in [-0.1, -0.05) is 6.92 Å². The van der Waals surface area contributed by atoms with Crippen LogP contribution in [0, 0.1) is 0 Å². The highest BCUT2D eigenvalue weighted by Crippen LogP contribution is 2.11. The molecule has 0 fully saturated rings. The van der Waals surface area contributed by atoms with E-state index in [2.05, 4.69) is 9.36 Å². The van der Waals surface area contributed by atoms with E-state index < -0.39 is 0 Å². The predicted octanol–water partition coefficient (Wildman–Crippen LogP) is 1.90. The Labute approximate surface area is 87.3 Å². The molecular weight excluding hydrogens is 208 g/mol. The molecule has 1 aromatic heterocycles. The molecule has 0 bridgehead atoms. The average Bonchev–Trinajstić information content (AvgIpc) is 2.52. The van der Waals surface area contributed by atoms with Gasteiger partial charge in [-0.2, -0.15) is 4.37 Å². The summed E-state index contributed by atoms with van der Waals surface area (Å²) in [5, 5.41) is 0.997. The maximum atomic E-state index is 5.98. The summed E-state index contributed by atoms with van der Waals surface area (Å²) in [6.45, 7) is 2.60. The van der Waals surface area contributed by atoms with E-state index in [-0.39, 0.29) is 5.38 Å². The van der Waals surface area contributed by atoms with Crippen LogP contribution in [0.3, 0.4) is 0 Å². The summed E-state index contributed by atoms with van der Waals surface area (Å²) in [6.07, 6.45) is 1.63. The second kappa shape index (κ2) is 5.52. The number of aromatic nitrogens is 2. The maximum Gasteiger partial charge on any atom is 0.142 e. The number of rotatable bonds is 5. The van der Waals surface area contributed by atoms with Crippen LogP contribution in [0.5, 0.6) is 0 Å². The molecule has 1 atom stereocenters. The molecule has 0 aromatic carbocycles. The molecule has 0 aliphatic heterocycles. The minimum atomic E-state index is 0.00246. The molecule has 0 aliphatic rings. The van der Waals surface area contributed by atoms with Gasteiger partial charge in [0.05, 0.1) is 12.0 Å². The van der Waals surface area contributed by atoms with Crippen molar-refractivity contribution in [3.05, 3.63) is 10.8 Å². The normalized spacial score (nSPS) is 13.2. The summed E-state index contributed by atoms with van der Waals surface area (Å²) in [6, 6.07) is 0. The van der Waals surface area contributed by atoms with Crippen LogP contribution in [-0.2, 0) is 17.6 Å². The number of hydrogen-bond donors (Lipinski definition) is 0. The third-order valence-electron chi connectivity index (χ3n) is 1.57. The van der Waals surface area contributed by atoms with Crippen molar-refractivity contribution in [2.24, 2.45) is 0 Å². The zero-order valence-electron chi connectivity index (χ0n) is 7.79. The average molecular weight is 221 g/mol. The van der Waals surface area contributed by atoms with Crippen molar-refractivity contribution >= 4 is 23.1 Å². The standard InChI is InChI=1S/C8H13ClN2OS/c1-3-7-10-8(13-11-7)4-6(9)5-12-2/h6H,3-5H2,1-2H3. The predicted molar refractivity (Wildman–Crippen MR) is 54.5 cm³/mol. The van der Waals surface area contributed by atoms with Gasteiger partial charge in [0.15, 0.2) is 0 Å². The van der Waals surface area contributed by atoms with Gasteiger partial charge in [0.2, 0.25) is 0 Å². The van der Waals surface area contributed by atoms with Crippen molar-refractivity contribution in [3.8, 4) is 0 Å². The maximum absolute atomic E-state index is 5.98. The lowest BCUT2D eigenvalue weighted by atomic mass is 10.3. The van der Waals surface area contributed by atoms with E-state index in [1.165, 1.54) is 11.5 Å². The number of hydrogen-bond acceptors (Lipinski definition) is 4. The van der Waals surface area contributed by atoms with Gasteiger partial charge in [-0.3, -0.25) is 0 Å². The summed E-state index contributed by atoms with van der Waals surface area (Å²) < 4.78 is 9.11. The SMILES string of the molecule is CCc1nsc(CC(Cl)COC)n1. The minimum Gasteiger partial charge on any atom is -0.383 e. The summed E-state index contributed by atoms with van der Waals surface area (Å²) in [4.78, 5) is 4.32. The Bertz CT molecular complexity index is 254. The topological polar surface area (TPSA) is 35.0 Å². The first-order valence-corrected chi connectivity index (χ1v) is 5.41. The first-order valence-electron chi connectivity index (χ1n) is 4.20. The van der Waals surface area contributed by atoms with Crippen molar-refractivity contribution in [2.75, 3.05) is 13.7 Å². The highest BCUT2D eigenvalue weighted by molar-refractivity contribution is 7.05. The lowest BCUT2D eigenvalue weighted by molar-refractivity contribution is 0.197. The summed E-state index contributed by atoms with van der Waals surface area (Å²) in [5.74, 6) is 0.904. The Hall–Kier alpha value is -0.190. The fourth-order valence-electron chi connectivity index (χ4n) is 0.946. The van der Waals surface area contributed by atoms with Crippen LogP contribution in [0.25, 0.3) is 0 Å². The van der Waals surface area contributed by atoms with E-state index in [4.69, 9.17) is 16.3 Å². The third-order valence-corrected chi connectivity index (χ3v) is 2.62. The molecule has 1 aromatic rings. The van der Waals surface area contributed by atoms with Crippen LogP contribution in [0.4, 0.5) is 0 Å². The first kappa shape index (κ1) is 10.9. The molecule has 1 rings (SSSR count). The molecule has 1 unspecified atom stereocenters. The fourth-order valence-corrected chi connectivity index (χ4v) is 2.11. The number of halogens is 1. The molecular formula is C8H13ClN2OS. The van der Waals surface area contributed by atoms with Crippen LogP contribution < -0.4 is 0 Å². The number of alkyl halides is 1. The van der Waals surface area contributed by atoms with Gasteiger partial charge in [0.25, 0.3) is 0 Å². The molecule has 0 radical (unpaired) electrons. The molecule has 1 heterocycles. The van der Waals surface area contributed by atoms with E-state index in [0.717, 1.165) is 23.7 Å². The Balaban J connectivity index is 2.44. The van der Waals surface area contributed by atoms with Crippen LogP contribution >= 0.6 is 23.1 Å². The van der Waals surface area contributed by atoms with Crippen molar-refractivity contribution in [1.82, 2.24) is 9.36 Å². The van der Waals surface area contributed by atoms with Gasteiger partial charge in [-0.25, -0.2) is 4.98 Å². The Morgan fingerprint density at radius 1 is 1.62 bits per heavy atom. The number of nitrogens with zero attached hydrogens (tertiary/aromatic N) is 2. The molecule has 13 heavy (non-hydrogen) atoms. The molecule has 3 nitrogen and oxygen atoms in total. The number of methoxy groups -OCH3 is 1. The summed E-state index contributed by atoms with van der Waals surface area (Å²) in [5.41, 5.74) is 0. The Kier molecular flexibility index (Phi) is 4.62. The van der Waals surface area contributed by atoms with Gasteiger partial charge in [0, 0.05) is 20.0 Å². The monoisotopic (exact) mass is 220 g/mol. The van der Waals surface area contributed by atoms with Crippen LogP contribution in [0.2, 0.25) is 0 Å². The molecule has 0 saturated carbocycles. The van der Waals surface area contributed by atoms with E-state index >= 15 is 0 Å². The zero-order valence-corrected chi connectivity index (χ0v) is 9.36.